The summed E-state index contributed by atoms with van der Waals surface area (Å²) in [6, 6.07) is 16.6. The highest BCUT2D eigenvalue weighted by Gasteiger charge is 2.02. The maximum Gasteiger partial charge on any atom is 0.271 e. The van der Waals surface area contributed by atoms with E-state index in [0.29, 0.717) is 10.6 Å². The molecule has 0 aromatic heterocycles. The topological polar surface area (TPSA) is 41.5 Å². The predicted octanol–water partition coefficient (Wildman–Crippen LogP) is 4.16. The van der Waals surface area contributed by atoms with Crippen LogP contribution in [0.2, 0.25) is 5.02 Å². The average Bonchev–Trinajstić information content (AvgIpc) is 2.49. The minimum atomic E-state index is -0.268. The summed E-state index contributed by atoms with van der Waals surface area (Å²) < 4.78 is 0. The van der Waals surface area contributed by atoms with Crippen molar-refractivity contribution in [1.29, 1.82) is 0 Å². The number of nitrogens with one attached hydrogen (secondary N) is 1. The van der Waals surface area contributed by atoms with E-state index in [1.54, 1.807) is 30.5 Å². The summed E-state index contributed by atoms with van der Waals surface area (Å²) in [5, 5.41) is 4.53. The fraction of sp³-hybridized carbons (Fsp3) is 0.0588. The van der Waals surface area contributed by atoms with E-state index in [0.717, 1.165) is 11.1 Å². The standard InChI is InChI=1S/C17H15ClN2O/c1-13(11-14-5-3-2-4-6-14)12-19-20-17(21)15-7-9-16(18)10-8-15/h2-12H,1H3,(H,20,21)/b13-11-,19-12-. The molecule has 0 aliphatic carbocycles. The molecule has 0 saturated heterocycles. The molecule has 0 heterocycles. The van der Waals surface area contributed by atoms with Crippen LogP contribution >= 0.6 is 11.6 Å². The van der Waals surface area contributed by atoms with Crippen LogP contribution in [0.1, 0.15) is 22.8 Å². The van der Waals surface area contributed by atoms with Crippen LogP contribution in [-0.4, -0.2) is 12.1 Å². The van der Waals surface area contributed by atoms with Crippen LogP contribution in [0.5, 0.6) is 0 Å². The third-order valence-electron chi connectivity index (χ3n) is 2.73. The quantitative estimate of drug-likeness (QED) is 0.668. The zero-order chi connectivity index (χ0) is 15.1. The highest BCUT2D eigenvalue weighted by Crippen LogP contribution is 2.09. The number of halogens is 1. The second-order valence-corrected chi connectivity index (χ2v) is 4.94. The molecule has 4 heteroatoms. The van der Waals surface area contributed by atoms with Gasteiger partial charge in [0.25, 0.3) is 5.91 Å². The van der Waals surface area contributed by atoms with Crippen molar-refractivity contribution in [1.82, 2.24) is 5.43 Å². The Bertz CT molecular complexity index is 661. The van der Waals surface area contributed by atoms with Crippen LogP contribution in [0.4, 0.5) is 0 Å². The van der Waals surface area contributed by atoms with Gasteiger partial charge in [-0.25, -0.2) is 5.43 Å². The number of carbonyl (C=O) groups is 1. The van der Waals surface area contributed by atoms with Gasteiger partial charge in [-0.3, -0.25) is 4.79 Å². The fourth-order valence-corrected chi connectivity index (χ4v) is 1.83. The molecular weight excluding hydrogens is 284 g/mol. The Balaban J connectivity index is 1.94. The molecule has 0 fully saturated rings. The van der Waals surface area contributed by atoms with Crippen molar-refractivity contribution in [3.05, 3.63) is 76.3 Å². The van der Waals surface area contributed by atoms with Gasteiger partial charge in [-0.05, 0) is 42.3 Å². The Morgan fingerprint density at radius 1 is 1.10 bits per heavy atom. The number of rotatable bonds is 4. The van der Waals surface area contributed by atoms with E-state index in [1.165, 1.54) is 0 Å². The molecule has 2 aromatic carbocycles. The van der Waals surface area contributed by atoms with Gasteiger partial charge < -0.3 is 0 Å². The fourth-order valence-electron chi connectivity index (χ4n) is 1.71. The van der Waals surface area contributed by atoms with Crippen molar-refractivity contribution in [3.63, 3.8) is 0 Å². The molecule has 21 heavy (non-hydrogen) atoms. The maximum atomic E-state index is 11.8. The molecule has 0 aliphatic rings. The molecule has 0 atom stereocenters. The summed E-state index contributed by atoms with van der Waals surface area (Å²) in [5.41, 5.74) is 5.03. The van der Waals surface area contributed by atoms with Gasteiger partial charge >= 0.3 is 0 Å². The number of hydrazone groups is 1. The first-order valence-corrected chi connectivity index (χ1v) is 6.85. The average molecular weight is 299 g/mol. The summed E-state index contributed by atoms with van der Waals surface area (Å²) in [5.74, 6) is -0.268. The normalized spacial score (nSPS) is 11.6. The number of benzene rings is 2. The Labute approximate surface area is 129 Å². The predicted molar refractivity (Wildman–Crippen MR) is 87.5 cm³/mol. The van der Waals surface area contributed by atoms with Crippen LogP contribution < -0.4 is 5.43 Å². The molecule has 2 rings (SSSR count). The van der Waals surface area contributed by atoms with Gasteiger partial charge in [0.05, 0.1) is 6.21 Å². The van der Waals surface area contributed by atoms with Gasteiger partial charge in [-0.1, -0.05) is 48.0 Å². The summed E-state index contributed by atoms with van der Waals surface area (Å²) in [4.78, 5) is 11.8. The molecule has 0 saturated carbocycles. The highest BCUT2D eigenvalue weighted by atomic mass is 35.5. The summed E-state index contributed by atoms with van der Waals surface area (Å²) in [6.07, 6.45) is 3.60. The molecule has 0 spiro atoms. The first kappa shape index (κ1) is 15.0. The lowest BCUT2D eigenvalue weighted by atomic mass is 10.1. The van der Waals surface area contributed by atoms with Crippen LogP contribution in [0.25, 0.3) is 6.08 Å². The van der Waals surface area contributed by atoms with Crippen molar-refractivity contribution < 1.29 is 4.79 Å². The zero-order valence-corrected chi connectivity index (χ0v) is 12.3. The maximum absolute atomic E-state index is 11.8. The lowest BCUT2D eigenvalue weighted by Gasteiger charge is -2.00. The molecule has 1 N–H and O–H groups in total. The van der Waals surface area contributed by atoms with Gasteiger partial charge in [-0.15, -0.1) is 0 Å². The Hall–Kier alpha value is -2.39. The smallest absolute Gasteiger partial charge is 0.267 e. The number of allylic oxidation sites excluding steroid dienone is 1. The van der Waals surface area contributed by atoms with Gasteiger partial charge in [0.15, 0.2) is 0 Å². The van der Waals surface area contributed by atoms with E-state index < -0.39 is 0 Å². The first-order chi connectivity index (χ1) is 10.1. The summed E-state index contributed by atoms with van der Waals surface area (Å²) in [7, 11) is 0. The Morgan fingerprint density at radius 3 is 2.43 bits per heavy atom. The minimum absolute atomic E-state index is 0.268. The lowest BCUT2D eigenvalue weighted by molar-refractivity contribution is 0.0955. The van der Waals surface area contributed by atoms with Gasteiger partial charge in [0, 0.05) is 10.6 Å². The minimum Gasteiger partial charge on any atom is -0.267 e. The van der Waals surface area contributed by atoms with Crippen LogP contribution in [0.3, 0.4) is 0 Å². The number of nitrogens with zero attached hydrogens (tertiary/aromatic N) is 1. The largest absolute Gasteiger partial charge is 0.271 e. The van der Waals surface area contributed by atoms with Gasteiger partial charge in [0.2, 0.25) is 0 Å². The van der Waals surface area contributed by atoms with Gasteiger partial charge in [-0.2, -0.15) is 5.10 Å². The van der Waals surface area contributed by atoms with Crippen molar-refractivity contribution in [2.24, 2.45) is 5.10 Å². The summed E-state index contributed by atoms with van der Waals surface area (Å²) in [6.45, 7) is 1.92. The number of carbonyl (C=O) groups excluding carboxylic acids is 1. The molecule has 0 unspecified atom stereocenters. The highest BCUT2D eigenvalue weighted by molar-refractivity contribution is 6.30. The van der Waals surface area contributed by atoms with E-state index in [-0.39, 0.29) is 5.91 Å². The van der Waals surface area contributed by atoms with E-state index in [4.69, 9.17) is 11.6 Å². The third-order valence-corrected chi connectivity index (χ3v) is 2.99. The van der Waals surface area contributed by atoms with Crippen molar-refractivity contribution in [3.8, 4) is 0 Å². The van der Waals surface area contributed by atoms with Gasteiger partial charge in [0.1, 0.15) is 0 Å². The Morgan fingerprint density at radius 2 is 1.76 bits per heavy atom. The molecule has 2 aromatic rings. The first-order valence-electron chi connectivity index (χ1n) is 6.47. The molecular formula is C17H15ClN2O. The molecule has 0 radical (unpaired) electrons. The third kappa shape index (κ3) is 4.89. The van der Waals surface area contributed by atoms with Crippen LogP contribution in [0, 0.1) is 0 Å². The lowest BCUT2D eigenvalue weighted by Crippen LogP contribution is -2.17. The molecule has 1 amide bonds. The van der Waals surface area contributed by atoms with Crippen molar-refractivity contribution >= 4 is 29.8 Å². The van der Waals surface area contributed by atoms with Crippen molar-refractivity contribution in [2.45, 2.75) is 6.92 Å². The second-order valence-electron chi connectivity index (χ2n) is 4.51. The van der Waals surface area contributed by atoms with E-state index in [2.05, 4.69) is 10.5 Å². The van der Waals surface area contributed by atoms with Crippen LogP contribution in [-0.2, 0) is 0 Å². The monoisotopic (exact) mass is 298 g/mol. The number of amides is 1. The van der Waals surface area contributed by atoms with E-state index in [9.17, 15) is 4.79 Å². The van der Waals surface area contributed by atoms with E-state index in [1.807, 2.05) is 43.3 Å². The zero-order valence-electron chi connectivity index (χ0n) is 11.6. The molecule has 3 nitrogen and oxygen atoms in total. The van der Waals surface area contributed by atoms with Crippen molar-refractivity contribution in [2.75, 3.05) is 0 Å². The van der Waals surface area contributed by atoms with E-state index >= 15 is 0 Å². The van der Waals surface area contributed by atoms with Crippen LogP contribution in [0.15, 0.2) is 65.3 Å². The molecule has 0 bridgehead atoms. The number of hydrogen-bond donors (Lipinski definition) is 1. The SMILES string of the molecule is CC(/C=N\NC(=O)c1ccc(Cl)cc1)=C/c1ccccc1. The Kier molecular flexibility index (Phi) is 5.29. The number of hydrogen-bond acceptors (Lipinski definition) is 2. The summed E-state index contributed by atoms with van der Waals surface area (Å²) >= 11 is 5.77. The molecule has 0 aliphatic heterocycles. The molecule has 106 valence electrons. The second kappa shape index (κ2) is 7.41.